The van der Waals surface area contributed by atoms with Gasteiger partial charge in [0.15, 0.2) is 16.6 Å². The van der Waals surface area contributed by atoms with Crippen molar-refractivity contribution >= 4 is 45.5 Å². The topological polar surface area (TPSA) is 98.2 Å². The fourth-order valence-corrected chi connectivity index (χ4v) is 5.09. The molecule has 1 aliphatic heterocycles. The third kappa shape index (κ3) is 4.21. The van der Waals surface area contributed by atoms with Crippen LogP contribution in [0.25, 0.3) is 5.76 Å². The molecule has 2 aromatic carbocycles. The van der Waals surface area contributed by atoms with E-state index in [9.17, 15) is 14.7 Å². The molecule has 10 heteroatoms. The highest BCUT2D eigenvalue weighted by molar-refractivity contribution is 7.16. The molecular formula is C25H23ClN2O6S. The number of methoxy groups -OCH3 is 3. The van der Waals surface area contributed by atoms with Crippen LogP contribution in [0.5, 0.6) is 17.2 Å². The minimum Gasteiger partial charge on any atom is -0.507 e. The van der Waals surface area contributed by atoms with E-state index in [1.807, 2.05) is 13.8 Å². The molecule has 4 rings (SSSR count). The zero-order valence-corrected chi connectivity index (χ0v) is 21.3. The Labute approximate surface area is 211 Å². The number of halogens is 1. The largest absolute Gasteiger partial charge is 0.507 e. The Morgan fingerprint density at radius 1 is 1.00 bits per heavy atom. The van der Waals surface area contributed by atoms with Crippen molar-refractivity contribution in [2.24, 2.45) is 0 Å². The van der Waals surface area contributed by atoms with Gasteiger partial charge >= 0.3 is 5.91 Å². The number of anilines is 1. The number of carbonyl (C=O) groups excluding carboxylic acids is 2. The minimum atomic E-state index is -0.958. The van der Waals surface area contributed by atoms with Gasteiger partial charge in [-0.05, 0) is 49.7 Å². The van der Waals surface area contributed by atoms with Gasteiger partial charge in [-0.1, -0.05) is 17.7 Å². The van der Waals surface area contributed by atoms with E-state index in [-0.39, 0.29) is 21.9 Å². The number of aliphatic hydroxyl groups excluding tert-OH is 1. The maximum atomic E-state index is 13.3. The van der Waals surface area contributed by atoms with Crippen LogP contribution in [-0.4, -0.2) is 43.1 Å². The molecule has 1 unspecified atom stereocenters. The number of aliphatic hydroxyl groups is 1. The van der Waals surface area contributed by atoms with Gasteiger partial charge < -0.3 is 19.3 Å². The van der Waals surface area contributed by atoms with Crippen LogP contribution in [0.3, 0.4) is 0 Å². The number of ether oxygens (including phenoxy) is 3. The fraction of sp³-hybridized carbons (Fsp3) is 0.240. The Morgan fingerprint density at radius 2 is 1.66 bits per heavy atom. The number of nitrogens with zero attached hydrogens (tertiary/aromatic N) is 2. The second kappa shape index (κ2) is 9.59. The third-order valence-corrected chi connectivity index (χ3v) is 7.18. The Hall–Kier alpha value is -3.56. The number of aryl methyl sites for hydroxylation is 2. The average molecular weight is 515 g/mol. The summed E-state index contributed by atoms with van der Waals surface area (Å²) in [5.74, 6) is -0.681. The lowest BCUT2D eigenvalue weighted by atomic mass is 9.95. The number of benzene rings is 2. The lowest BCUT2D eigenvalue weighted by molar-refractivity contribution is -0.132. The maximum absolute atomic E-state index is 13.3. The van der Waals surface area contributed by atoms with Crippen molar-refractivity contribution in [2.45, 2.75) is 19.9 Å². The van der Waals surface area contributed by atoms with E-state index in [0.29, 0.717) is 27.9 Å². The molecule has 8 nitrogen and oxygen atoms in total. The molecule has 1 amide bonds. The van der Waals surface area contributed by atoms with Crippen molar-refractivity contribution < 1.29 is 28.9 Å². The molecule has 2 heterocycles. The summed E-state index contributed by atoms with van der Waals surface area (Å²) in [6.07, 6.45) is 0. The number of hydrogen-bond acceptors (Lipinski definition) is 8. The molecule has 0 saturated carbocycles. The summed E-state index contributed by atoms with van der Waals surface area (Å²) in [6, 6.07) is 8.73. The molecule has 1 saturated heterocycles. The highest BCUT2D eigenvalue weighted by Gasteiger charge is 2.48. The van der Waals surface area contributed by atoms with Crippen molar-refractivity contribution in [1.82, 2.24) is 4.98 Å². The van der Waals surface area contributed by atoms with Crippen LogP contribution < -0.4 is 19.1 Å². The third-order valence-electron chi connectivity index (χ3n) is 5.82. The monoisotopic (exact) mass is 514 g/mol. The molecule has 3 aromatic rings. The van der Waals surface area contributed by atoms with Crippen LogP contribution in [0.2, 0.25) is 5.02 Å². The van der Waals surface area contributed by atoms with E-state index in [4.69, 9.17) is 25.8 Å². The number of thiazole rings is 1. The SMILES string of the molecule is COc1ccc(/C(O)=C2\C(=O)C(=O)N(c3nc(C)c(C)s3)C2c2ccc(OC)c(OC)c2)cc1Cl. The molecule has 0 bridgehead atoms. The molecule has 1 N–H and O–H groups in total. The molecule has 35 heavy (non-hydrogen) atoms. The second-order valence-corrected chi connectivity index (χ2v) is 9.36. The van der Waals surface area contributed by atoms with Crippen molar-refractivity contribution in [3.8, 4) is 17.2 Å². The first-order valence-electron chi connectivity index (χ1n) is 10.5. The lowest BCUT2D eigenvalue weighted by Gasteiger charge is -2.24. The normalized spacial score (nSPS) is 17.1. The van der Waals surface area contributed by atoms with Crippen molar-refractivity contribution in [1.29, 1.82) is 0 Å². The van der Waals surface area contributed by atoms with Gasteiger partial charge in [0, 0.05) is 10.4 Å². The Kier molecular flexibility index (Phi) is 6.73. The molecule has 1 aliphatic rings. The van der Waals surface area contributed by atoms with Gasteiger partial charge in [0.2, 0.25) is 0 Å². The van der Waals surface area contributed by atoms with Crippen LogP contribution in [-0.2, 0) is 9.59 Å². The van der Waals surface area contributed by atoms with Crippen molar-refractivity contribution in [2.75, 3.05) is 26.2 Å². The summed E-state index contributed by atoms with van der Waals surface area (Å²) < 4.78 is 16.0. The summed E-state index contributed by atoms with van der Waals surface area (Å²) in [5.41, 5.74) is 1.47. The van der Waals surface area contributed by atoms with Crippen LogP contribution in [0.1, 0.15) is 27.7 Å². The maximum Gasteiger partial charge on any atom is 0.301 e. The molecule has 0 radical (unpaired) electrons. The Bertz CT molecular complexity index is 1350. The van der Waals surface area contributed by atoms with E-state index in [0.717, 1.165) is 10.6 Å². The standard InChI is InChI=1S/C25H23ClN2O6S/c1-12-13(2)35-25(27-12)28-21(14-6-9-18(33-4)19(11-14)34-5)20(23(30)24(28)31)22(29)15-7-8-17(32-3)16(26)10-15/h6-11,21,29H,1-5H3/b22-20+. The number of amides is 1. The van der Waals surface area contributed by atoms with Crippen LogP contribution in [0.15, 0.2) is 42.0 Å². The zero-order chi connectivity index (χ0) is 25.4. The van der Waals surface area contributed by atoms with Crippen molar-refractivity contribution in [3.05, 3.63) is 68.7 Å². The van der Waals surface area contributed by atoms with E-state index < -0.39 is 17.7 Å². The van der Waals surface area contributed by atoms with E-state index >= 15 is 0 Å². The second-order valence-electron chi connectivity index (χ2n) is 7.77. The van der Waals surface area contributed by atoms with Crippen LogP contribution in [0.4, 0.5) is 5.13 Å². The summed E-state index contributed by atoms with van der Waals surface area (Å²) in [7, 11) is 4.48. The molecule has 1 aromatic heterocycles. The summed E-state index contributed by atoms with van der Waals surface area (Å²) in [4.78, 5) is 33.3. The molecule has 1 fully saturated rings. The van der Waals surface area contributed by atoms with Gasteiger partial charge in [0.05, 0.1) is 43.7 Å². The highest BCUT2D eigenvalue weighted by Crippen LogP contribution is 2.45. The minimum absolute atomic E-state index is 0.0889. The molecular weight excluding hydrogens is 492 g/mol. The molecule has 0 spiro atoms. The number of hydrogen-bond donors (Lipinski definition) is 1. The number of aromatic nitrogens is 1. The smallest absolute Gasteiger partial charge is 0.301 e. The fourth-order valence-electron chi connectivity index (χ4n) is 3.90. The van der Waals surface area contributed by atoms with Gasteiger partial charge in [-0.25, -0.2) is 4.98 Å². The summed E-state index contributed by atoms with van der Waals surface area (Å²) >= 11 is 7.55. The summed E-state index contributed by atoms with van der Waals surface area (Å²) in [6.45, 7) is 3.72. The first-order valence-corrected chi connectivity index (χ1v) is 11.7. The Balaban J connectivity index is 1.97. The predicted molar refractivity (Wildman–Crippen MR) is 134 cm³/mol. The highest BCUT2D eigenvalue weighted by atomic mass is 35.5. The van der Waals surface area contributed by atoms with Crippen molar-refractivity contribution in [3.63, 3.8) is 0 Å². The van der Waals surface area contributed by atoms with E-state index in [2.05, 4.69) is 4.98 Å². The van der Waals surface area contributed by atoms with Gasteiger partial charge in [-0.3, -0.25) is 14.5 Å². The lowest BCUT2D eigenvalue weighted by Crippen LogP contribution is -2.29. The van der Waals surface area contributed by atoms with E-state index in [1.54, 1.807) is 30.3 Å². The first kappa shape index (κ1) is 24.6. The quantitative estimate of drug-likeness (QED) is 0.279. The van der Waals surface area contributed by atoms with Gasteiger partial charge in [-0.15, -0.1) is 11.3 Å². The number of rotatable bonds is 6. The van der Waals surface area contributed by atoms with Gasteiger partial charge in [0.1, 0.15) is 11.5 Å². The number of Topliss-reactive ketones (excluding diaryl/α,β-unsaturated/α-hetero) is 1. The van der Waals surface area contributed by atoms with Crippen LogP contribution >= 0.6 is 22.9 Å². The zero-order valence-electron chi connectivity index (χ0n) is 19.7. The Morgan fingerprint density at radius 3 is 2.23 bits per heavy atom. The number of ketones is 1. The molecule has 182 valence electrons. The summed E-state index contributed by atoms with van der Waals surface area (Å²) in [5, 5.41) is 11.9. The molecule has 1 atom stereocenters. The molecule has 0 aliphatic carbocycles. The van der Waals surface area contributed by atoms with Gasteiger partial charge in [0.25, 0.3) is 5.78 Å². The number of carbonyl (C=O) groups is 2. The van der Waals surface area contributed by atoms with E-state index in [1.165, 1.54) is 43.6 Å². The van der Waals surface area contributed by atoms with Crippen LogP contribution in [0, 0.1) is 13.8 Å². The first-order chi connectivity index (χ1) is 16.7. The average Bonchev–Trinajstić information content (AvgIpc) is 3.32. The predicted octanol–water partition coefficient (Wildman–Crippen LogP) is 5.07. The van der Waals surface area contributed by atoms with Gasteiger partial charge in [-0.2, -0.15) is 0 Å².